The van der Waals surface area contributed by atoms with Crippen molar-refractivity contribution < 1.29 is 23.1 Å². The van der Waals surface area contributed by atoms with E-state index in [0.29, 0.717) is 10.7 Å². The summed E-state index contributed by atoms with van der Waals surface area (Å²) in [5.41, 5.74) is 1.16. The first kappa shape index (κ1) is 19.7. The fourth-order valence-electron chi connectivity index (χ4n) is 2.31. The van der Waals surface area contributed by atoms with E-state index >= 15 is 0 Å². The highest BCUT2D eigenvalue weighted by Crippen LogP contribution is 2.22. The molecule has 0 heterocycles. The molecule has 1 unspecified atom stereocenters. The second-order valence-electron chi connectivity index (χ2n) is 5.46. The number of hydrogen-bond acceptors (Lipinski definition) is 3. The second kappa shape index (κ2) is 9.15. The van der Waals surface area contributed by atoms with Gasteiger partial charge in [0, 0.05) is 17.6 Å². The molecule has 0 saturated heterocycles. The van der Waals surface area contributed by atoms with Crippen molar-refractivity contribution in [1.29, 1.82) is 0 Å². The molecule has 2 aromatic carbocycles. The van der Waals surface area contributed by atoms with Crippen LogP contribution in [0.25, 0.3) is 0 Å². The Hall–Kier alpha value is -2.67. The lowest BCUT2D eigenvalue weighted by Crippen LogP contribution is -2.29. The van der Waals surface area contributed by atoms with Crippen LogP contribution >= 0.6 is 11.6 Å². The molecule has 0 radical (unpaired) electrons. The van der Waals surface area contributed by atoms with Crippen molar-refractivity contribution in [2.45, 2.75) is 26.0 Å². The summed E-state index contributed by atoms with van der Waals surface area (Å²) in [7, 11) is 0. The van der Waals surface area contributed by atoms with Gasteiger partial charge in [0.15, 0.2) is 0 Å². The first-order chi connectivity index (χ1) is 12.3. The molecule has 1 atom stereocenters. The summed E-state index contributed by atoms with van der Waals surface area (Å²) < 4.78 is 28.5. The van der Waals surface area contributed by atoms with E-state index < -0.39 is 12.7 Å². The van der Waals surface area contributed by atoms with Crippen molar-refractivity contribution in [2.75, 3.05) is 5.32 Å². The van der Waals surface area contributed by atoms with Crippen LogP contribution in [0, 0.1) is 0 Å². The molecule has 2 aromatic rings. The lowest BCUT2D eigenvalue weighted by atomic mass is 10.0. The van der Waals surface area contributed by atoms with E-state index in [2.05, 4.69) is 15.4 Å². The number of anilines is 1. The summed E-state index contributed by atoms with van der Waals surface area (Å²) in [5, 5.41) is 5.91. The zero-order valence-electron chi connectivity index (χ0n) is 13.8. The van der Waals surface area contributed by atoms with Crippen molar-refractivity contribution >= 4 is 29.1 Å². The third-order valence-electron chi connectivity index (χ3n) is 3.40. The van der Waals surface area contributed by atoms with Gasteiger partial charge in [0.2, 0.25) is 11.8 Å². The van der Waals surface area contributed by atoms with E-state index in [4.69, 9.17) is 11.6 Å². The monoisotopic (exact) mass is 382 g/mol. The molecule has 2 rings (SSSR count). The summed E-state index contributed by atoms with van der Waals surface area (Å²) in [6, 6.07) is 11.8. The average Bonchev–Trinajstić information content (AvgIpc) is 2.56. The van der Waals surface area contributed by atoms with Crippen LogP contribution in [0.3, 0.4) is 0 Å². The van der Waals surface area contributed by atoms with Gasteiger partial charge in [-0.2, -0.15) is 8.78 Å². The number of hydrogen-bond donors (Lipinski definition) is 2. The number of ether oxygens (including phenoxy) is 1. The minimum atomic E-state index is -2.91. The maximum Gasteiger partial charge on any atom is 0.387 e. The van der Waals surface area contributed by atoms with E-state index in [-0.39, 0.29) is 24.0 Å². The molecule has 0 aliphatic rings. The third kappa shape index (κ3) is 6.33. The fraction of sp³-hybridized carbons (Fsp3) is 0.222. The molecule has 0 fully saturated rings. The number of carbonyl (C=O) groups is 2. The highest BCUT2D eigenvalue weighted by molar-refractivity contribution is 6.30. The molecule has 0 bridgehead atoms. The van der Waals surface area contributed by atoms with Gasteiger partial charge in [-0.25, -0.2) is 0 Å². The van der Waals surface area contributed by atoms with Crippen LogP contribution in [-0.2, 0) is 9.59 Å². The van der Waals surface area contributed by atoms with Crippen LogP contribution in [0.4, 0.5) is 14.5 Å². The minimum Gasteiger partial charge on any atom is -0.435 e. The number of amides is 2. The lowest BCUT2D eigenvalue weighted by molar-refractivity contribution is -0.120. The van der Waals surface area contributed by atoms with E-state index in [1.165, 1.54) is 31.2 Å². The number of benzene rings is 2. The fourth-order valence-corrected chi connectivity index (χ4v) is 2.44. The molecule has 0 aliphatic heterocycles. The van der Waals surface area contributed by atoms with Crippen LogP contribution in [0.5, 0.6) is 5.75 Å². The van der Waals surface area contributed by atoms with Crippen molar-refractivity contribution in [1.82, 2.24) is 5.32 Å². The first-order valence-electron chi connectivity index (χ1n) is 7.71. The minimum absolute atomic E-state index is 0.00347. The summed E-state index contributed by atoms with van der Waals surface area (Å²) in [4.78, 5) is 23.7. The SMILES string of the molecule is CC(=O)NC(CC(=O)Nc1ccc(OC(F)F)cc1)c1ccc(Cl)cc1. The normalized spacial score (nSPS) is 11.7. The van der Waals surface area contributed by atoms with Crippen molar-refractivity contribution in [3.05, 3.63) is 59.1 Å². The number of carbonyl (C=O) groups excluding carboxylic acids is 2. The number of rotatable bonds is 7. The molecule has 0 aliphatic carbocycles. The number of nitrogens with one attached hydrogen (secondary N) is 2. The number of alkyl halides is 2. The summed E-state index contributed by atoms with van der Waals surface area (Å²) in [5.74, 6) is -0.622. The van der Waals surface area contributed by atoms with Gasteiger partial charge in [0.25, 0.3) is 0 Å². The zero-order valence-corrected chi connectivity index (χ0v) is 14.6. The molecule has 0 spiro atoms. The predicted octanol–water partition coefficient (Wildman–Crippen LogP) is 4.15. The van der Waals surface area contributed by atoms with Crippen molar-refractivity contribution in [3.63, 3.8) is 0 Å². The van der Waals surface area contributed by atoms with E-state index in [1.807, 2.05) is 0 Å². The molecule has 138 valence electrons. The van der Waals surface area contributed by atoms with Crippen molar-refractivity contribution in [3.8, 4) is 5.75 Å². The molecule has 0 aromatic heterocycles. The van der Waals surface area contributed by atoms with Gasteiger partial charge in [-0.15, -0.1) is 0 Å². The molecule has 0 saturated carbocycles. The van der Waals surface area contributed by atoms with Crippen LogP contribution in [0.15, 0.2) is 48.5 Å². The van der Waals surface area contributed by atoms with Crippen LogP contribution in [0.2, 0.25) is 5.02 Å². The zero-order chi connectivity index (χ0) is 19.1. The van der Waals surface area contributed by atoms with E-state index in [0.717, 1.165) is 5.56 Å². The van der Waals surface area contributed by atoms with Gasteiger partial charge in [-0.3, -0.25) is 9.59 Å². The molecule has 2 amide bonds. The Morgan fingerprint density at radius 3 is 2.23 bits per heavy atom. The third-order valence-corrected chi connectivity index (χ3v) is 3.65. The Bertz CT molecular complexity index is 752. The molecule has 5 nitrogen and oxygen atoms in total. The maximum atomic E-state index is 12.3. The van der Waals surface area contributed by atoms with E-state index in [1.54, 1.807) is 24.3 Å². The molecule has 2 N–H and O–H groups in total. The molecular formula is C18H17ClF2N2O3. The van der Waals surface area contributed by atoms with Gasteiger partial charge in [0.05, 0.1) is 12.5 Å². The lowest BCUT2D eigenvalue weighted by Gasteiger charge is -2.18. The van der Waals surface area contributed by atoms with Crippen LogP contribution in [0.1, 0.15) is 24.9 Å². The molecule has 8 heteroatoms. The highest BCUT2D eigenvalue weighted by Gasteiger charge is 2.17. The Morgan fingerprint density at radius 2 is 1.69 bits per heavy atom. The molecular weight excluding hydrogens is 366 g/mol. The average molecular weight is 383 g/mol. The Kier molecular flexibility index (Phi) is 6.91. The summed E-state index contributed by atoms with van der Waals surface area (Å²) in [6.45, 7) is -1.55. The summed E-state index contributed by atoms with van der Waals surface area (Å²) in [6.07, 6.45) is -0.00347. The van der Waals surface area contributed by atoms with Gasteiger partial charge in [0.1, 0.15) is 5.75 Å². The van der Waals surface area contributed by atoms with Gasteiger partial charge >= 0.3 is 6.61 Å². The largest absolute Gasteiger partial charge is 0.435 e. The summed E-state index contributed by atoms with van der Waals surface area (Å²) >= 11 is 5.86. The maximum absolute atomic E-state index is 12.3. The topological polar surface area (TPSA) is 67.4 Å². The van der Waals surface area contributed by atoms with Gasteiger partial charge < -0.3 is 15.4 Å². The van der Waals surface area contributed by atoms with E-state index in [9.17, 15) is 18.4 Å². The quantitative estimate of drug-likeness (QED) is 0.756. The highest BCUT2D eigenvalue weighted by atomic mass is 35.5. The number of halogens is 3. The standard InChI is InChI=1S/C18H17ClF2N2O3/c1-11(24)22-16(12-2-4-13(19)5-3-12)10-17(25)23-14-6-8-15(9-7-14)26-18(20)21/h2-9,16,18H,10H2,1H3,(H,22,24)(H,23,25). The van der Waals surface area contributed by atoms with Crippen LogP contribution in [-0.4, -0.2) is 18.4 Å². The second-order valence-corrected chi connectivity index (χ2v) is 5.90. The Morgan fingerprint density at radius 1 is 1.08 bits per heavy atom. The smallest absolute Gasteiger partial charge is 0.387 e. The molecule has 26 heavy (non-hydrogen) atoms. The van der Waals surface area contributed by atoms with Gasteiger partial charge in [-0.05, 0) is 42.0 Å². The first-order valence-corrected chi connectivity index (χ1v) is 8.08. The Labute approximate surface area is 154 Å². The van der Waals surface area contributed by atoms with Gasteiger partial charge in [-0.1, -0.05) is 23.7 Å². The van der Waals surface area contributed by atoms with Crippen LogP contribution < -0.4 is 15.4 Å². The predicted molar refractivity (Wildman–Crippen MR) is 94.3 cm³/mol. The Balaban J connectivity index is 2.02. The van der Waals surface area contributed by atoms with Crippen molar-refractivity contribution in [2.24, 2.45) is 0 Å².